The van der Waals surface area contributed by atoms with Crippen LogP contribution in [0.25, 0.3) is 10.9 Å². The lowest BCUT2D eigenvalue weighted by Crippen LogP contribution is -2.30. The molecule has 1 heterocycles. The average Bonchev–Trinajstić information content (AvgIpc) is 3.26. The molecule has 124 valence electrons. The van der Waals surface area contributed by atoms with Gasteiger partial charge in [0.15, 0.2) is 0 Å². The Hall–Kier alpha value is -2.01. The first-order chi connectivity index (χ1) is 11.2. The van der Waals surface area contributed by atoms with Crippen molar-refractivity contribution in [1.29, 1.82) is 0 Å². The second-order valence-corrected chi connectivity index (χ2v) is 6.18. The molecule has 2 aromatic rings. The van der Waals surface area contributed by atoms with Crippen molar-refractivity contribution in [3.05, 3.63) is 30.5 Å². The van der Waals surface area contributed by atoms with Gasteiger partial charge in [-0.05, 0) is 50.2 Å². The van der Waals surface area contributed by atoms with Gasteiger partial charge in [-0.1, -0.05) is 13.8 Å². The number of nitrogens with zero attached hydrogens (tertiary/aromatic N) is 2. The second kappa shape index (κ2) is 7.04. The van der Waals surface area contributed by atoms with E-state index in [1.165, 1.54) is 5.52 Å². The van der Waals surface area contributed by atoms with Crippen molar-refractivity contribution in [3.63, 3.8) is 0 Å². The lowest BCUT2D eigenvalue weighted by atomic mass is 10.2. The van der Waals surface area contributed by atoms with Gasteiger partial charge in [0.05, 0.1) is 0 Å². The van der Waals surface area contributed by atoms with Gasteiger partial charge in [-0.25, -0.2) is 4.79 Å². The zero-order valence-corrected chi connectivity index (χ0v) is 14.0. The zero-order chi connectivity index (χ0) is 16.2. The van der Waals surface area contributed by atoms with Gasteiger partial charge < -0.3 is 20.1 Å². The van der Waals surface area contributed by atoms with E-state index in [0.717, 1.165) is 50.1 Å². The van der Waals surface area contributed by atoms with Crippen LogP contribution in [0.5, 0.6) is 0 Å². The molecule has 3 rings (SSSR count). The van der Waals surface area contributed by atoms with E-state index in [1.54, 1.807) is 0 Å². The SMILES string of the molecule is CCN(CC)CCn1ccc2cc(NC(=O)NC3CC3)ccc21. The Kier molecular flexibility index (Phi) is 4.86. The predicted octanol–water partition coefficient (Wildman–Crippen LogP) is 3.27. The van der Waals surface area contributed by atoms with Gasteiger partial charge in [-0.3, -0.25) is 0 Å². The largest absolute Gasteiger partial charge is 0.346 e. The van der Waals surface area contributed by atoms with Crippen molar-refractivity contribution >= 4 is 22.6 Å². The number of nitrogens with one attached hydrogen (secondary N) is 2. The molecular formula is C18H26N4O. The summed E-state index contributed by atoms with van der Waals surface area (Å²) in [4.78, 5) is 14.2. The molecule has 1 aliphatic rings. The minimum atomic E-state index is -0.104. The van der Waals surface area contributed by atoms with Crippen LogP contribution in [-0.4, -0.2) is 41.2 Å². The quantitative estimate of drug-likeness (QED) is 0.824. The number of likely N-dealkylation sites (N-methyl/N-ethyl adjacent to an activating group) is 1. The average molecular weight is 314 g/mol. The zero-order valence-electron chi connectivity index (χ0n) is 14.0. The van der Waals surface area contributed by atoms with E-state index in [-0.39, 0.29) is 6.03 Å². The minimum absolute atomic E-state index is 0.104. The van der Waals surface area contributed by atoms with Gasteiger partial charge in [-0.2, -0.15) is 0 Å². The highest BCUT2D eigenvalue weighted by Gasteiger charge is 2.23. The molecule has 5 heteroatoms. The highest BCUT2D eigenvalue weighted by atomic mass is 16.2. The van der Waals surface area contributed by atoms with Gasteiger partial charge in [-0.15, -0.1) is 0 Å². The molecule has 1 aromatic heterocycles. The van der Waals surface area contributed by atoms with Gasteiger partial charge in [0.25, 0.3) is 0 Å². The molecule has 0 radical (unpaired) electrons. The molecule has 2 amide bonds. The summed E-state index contributed by atoms with van der Waals surface area (Å²) in [5, 5.41) is 7.02. The highest BCUT2D eigenvalue weighted by Crippen LogP contribution is 2.22. The van der Waals surface area contributed by atoms with Crippen molar-refractivity contribution in [3.8, 4) is 0 Å². The highest BCUT2D eigenvalue weighted by molar-refractivity contribution is 5.93. The van der Waals surface area contributed by atoms with Crippen molar-refractivity contribution in [2.75, 3.05) is 25.0 Å². The van der Waals surface area contributed by atoms with Crippen molar-refractivity contribution in [2.45, 2.75) is 39.3 Å². The second-order valence-electron chi connectivity index (χ2n) is 6.18. The van der Waals surface area contributed by atoms with Crippen LogP contribution in [-0.2, 0) is 6.54 Å². The number of benzene rings is 1. The van der Waals surface area contributed by atoms with Crippen molar-refractivity contribution in [2.24, 2.45) is 0 Å². The van der Waals surface area contributed by atoms with Crippen LogP contribution in [0.2, 0.25) is 0 Å². The molecule has 1 saturated carbocycles. The van der Waals surface area contributed by atoms with Gasteiger partial charge in [0.2, 0.25) is 0 Å². The van der Waals surface area contributed by atoms with E-state index >= 15 is 0 Å². The summed E-state index contributed by atoms with van der Waals surface area (Å²) in [5.41, 5.74) is 2.06. The number of hydrogen-bond donors (Lipinski definition) is 2. The molecule has 0 aliphatic heterocycles. The first-order valence-corrected chi connectivity index (χ1v) is 8.58. The molecule has 23 heavy (non-hydrogen) atoms. The van der Waals surface area contributed by atoms with Gasteiger partial charge in [0, 0.05) is 41.9 Å². The maximum Gasteiger partial charge on any atom is 0.319 e. The fourth-order valence-corrected chi connectivity index (χ4v) is 2.84. The Labute approximate surface area is 137 Å². The summed E-state index contributed by atoms with van der Waals surface area (Å²) in [6.07, 6.45) is 4.33. The molecule has 0 bridgehead atoms. The molecule has 0 atom stereocenters. The first kappa shape index (κ1) is 15.9. The Morgan fingerprint density at radius 1 is 1.26 bits per heavy atom. The Morgan fingerprint density at radius 2 is 2.04 bits per heavy atom. The molecular weight excluding hydrogens is 288 g/mol. The minimum Gasteiger partial charge on any atom is -0.346 e. The van der Waals surface area contributed by atoms with E-state index in [2.05, 4.69) is 52.3 Å². The summed E-state index contributed by atoms with van der Waals surface area (Å²) >= 11 is 0. The Morgan fingerprint density at radius 3 is 2.74 bits per heavy atom. The van der Waals surface area contributed by atoms with Gasteiger partial charge >= 0.3 is 6.03 Å². The lowest BCUT2D eigenvalue weighted by Gasteiger charge is -2.18. The topological polar surface area (TPSA) is 49.3 Å². The van der Waals surface area contributed by atoms with E-state index in [0.29, 0.717) is 6.04 Å². The molecule has 0 unspecified atom stereocenters. The molecule has 1 aliphatic carbocycles. The number of aromatic nitrogens is 1. The molecule has 0 saturated heterocycles. The van der Waals surface area contributed by atoms with Crippen LogP contribution in [0.4, 0.5) is 10.5 Å². The molecule has 5 nitrogen and oxygen atoms in total. The van der Waals surface area contributed by atoms with E-state index in [9.17, 15) is 4.79 Å². The summed E-state index contributed by atoms with van der Waals surface area (Å²) < 4.78 is 2.28. The number of rotatable bonds is 7. The lowest BCUT2D eigenvalue weighted by molar-refractivity contribution is 0.251. The van der Waals surface area contributed by atoms with Crippen LogP contribution < -0.4 is 10.6 Å². The van der Waals surface area contributed by atoms with Crippen LogP contribution >= 0.6 is 0 Å². The third kappa shape index (κ3) is 4.05. The van der Waals surface area contributed by atoms with E-state index in [1.807, 2.05) is 12.1 Å². The maximum absolute atomic E-state index is 11.8. The predicted molar refractivity (Wildman–Crippen MR) is 94.9 cm³/mol. The summed E-state index contributed by atoms with van der Waals surface area (Å²) in [6.45, 7) is 8.60. The number of carbonyl (C=O) groups is 1. The van der Waals surface area contributed by atoms with Crippen LogP contribution in [0, 0.1) is 0 Å². The van der Waals surface area contributed by atoms with Crippen LogP contribution in [0.3, 0.4) is 0 Å². The molecule has 1 aromatic carbocycles. The van der Waals surface area contributed by atoms with E-state index < -0.39 is 0 Å². The molecule has 0 spiro atoms. The Balaban J connectivity index is 1.65. The van der Waals surface area contributed by atoms with Crippen molar-refractivity contribution < 1.29 is 4.79 Å². The first-order valence-electron chi connectivity index (χ1n) is 8.58. The maximum atomic E-state index is 11.8. The monoisotopic (exact) mass is 314 g/mol. The molecule has 2 N–H and O–H groups in total. The standard InChI is InChI=1S/C18H26N4O/c1-3-21(4-2)11-12-22-10-9-14-13-16(7-8-17(14)22)20-18(23)19-15-5-6-15/h7-10,13,15H,3-6,11-12H2,1-2H3,(H2,19,20,23). The fraction of sp³-hybridized carbons (Fsp3) is 0.500. The number of anilines is 1. The third-order valence-electron chi connectivity index (χ3n) is 4.49. The molecule has 1 fully saturated rings. The van der Waals surface area contributed by atoms with Crippen molar-refractivity contribution in [1.82, 2.24) is 14.8 Å². The smallest absolute Gasteiger partial charge is 0.319 e. The number of carbonyl (C=O) groups excluding carboxylic acids is 1. The summed E-state index contributed by atoms with van der Waals surface area (Å²) in [6, 6.07) is 8.48. The van der Waals surface area contributed by atoms with Crippen LogP contribution in [0.1, 0.15) is 26.7 Å². The number of urea groups is 1. The Bertz CT molecular complexity index is 671. The summed E-state index contributed by atoms with van der Waals surface area (Å²) in [5.74, 6) is 0. The number of amides is 2. The van der Waals surface area contributed by atoms with Crippen LogP contribution in [0.15, 0.2) is 30.5 Å². The summed E-state index contributed by atoms with van der Waals surface area (Å²) in [7, 11) is 0. The van der Waals surface area contributed by atoms with Gasteiger partial charge in [0.1, 0.15) is 0 Å². The number of fused-ring (bicyclic) bond motifs is 1. The fourth-order valence-electron chi connectivity index (χ4n) is 2.84. The number of hydrogen-bond acceptors (Lipinski definition) is 2. The normalized spacial score (nSPS) is 14.4. The third-order valence-corrected chi connectivity index (χ3v) is 4.49. The van der Waals surface area contributed by atoms with E-state index in [4.69, 9.17) is 0 Å².